The van der Waals surface area contributed by atoms with Crippen LogP contribution in [0.25, 0.3) is 10.9 Å². The van der Waals surface area contributed by atoms with Gasteiger partial charge in [-0.25, -0.2) is 4.98 Å². The van der Waals surface area contributed by atoms with Crippen molar-refractivity contribution in [3.05, 3.63) is 65.5 Å². The Balaban J connectivity index is 1.39. The van der Waals surface area contributed by atoms with E-state index in [1.807, 2.05) is 12.1 Å². The van der Waals surface area contributed by atoms with Gasteiger partial charge in [0.15, 0.2) is 0 Å². The van der Waals surface area contributed by atoms with E-state index in [9.17, 15) is 9.59 Å². The second-order valence-corrected chi connectivity index (χ2v) is 5.92. The molecule has 25 heavy (non-hydrogen) atoms. The first kappa shape index (κ1) is 15.3. The SMILES string of the molecule is O=C(Cn1cnc2ccccc2c1=O)N1CC(Oc2cccnc2)C1. The van der Waals surface area contributed by atoms with Crippen LogP contribution in [0.1, 0.15) is 0 Å². The highest BCUT2D eigenvalue weighted by Gasteiger charge is 2.32. The third-order valence-corrected chi connectivity index (χ3v) is 4.18. The number of carbonyl (C=O) groups excluding carboxylic acids is 1. The minimum Gasteiger partial charge on any atom is -0.485 e. The Morgan fingerprint density at radius 2 is 2.04 bits per heavy atom. The predicted octanol–water partition coefficient (Wildman–Crippen LogP) is 1.08. The van der Waals surface area contributed by atoms with E-state index in [2.05, 4.69) is 9.97 Å². The van der Waals surface area contributed by atoms with E-state index in [0.717, 1.165) is 0 Å². The van der Waals surface area contributed by atoms with Crippen LogP contribution in [-0.4, -0.2) is 44.5 Å². The van der Waals surface area contributed by atoms with Gasteiger partial charge < -0.3 is 9.64 Å². The molecule has 1 amide bonds. The van der Waals surface area contributed by atoms with Gasteiger partial charge in [-0.2, -0.15) is 0 Å². The maximum atomic E-state index is 12.4. The fourth-order valence-electron chi connectivity index (χ4n) is 2.79. The van der Waals surface area contributed by atoms with Crippen LogP contribution in [0, 0.1) is 0 Å². The van der Waals surface area contributed by atoms with Gasteiger partial charge in [0.25, 0.3) is 5.56 Å². The van der Waals surface area contributed by atoms with Gasteiger partial charge in [0.1, 0.15) is 18.4 Å². The highest BCUT2D eigenvalue weighted by Crippen LogP contribution is 2.17. The summed E-state index contributed by atoms with van der Waals surface area (Å²) in [4.78, 5) is 34.7. The fourth-order valence-corrected chi connectivity index (χ4v) is 2.79. The first-order chi connectivity index (χ1) is 12.2. The van der Waals surface area contributed by atoms with Crippen LogP contribution < -0.4 is 10.3 Å². The molecule has 1 saturated heterocycles. The number of carbonyl (C=O) groups is 1. The van der Waals surface area contributed by atoms with E-state index in [4.69, 9.17) is 4.74 Å². The van der Waals surface area contributed by atoms with Crippen molar-refractivity contribution in [2.75, 3.05) is 13.1 Å². The normalized spacial score (nSPS) is 14.3. The van der Waals surface area contributed by atoms with Crippen LogP contribution in [0.4, 0.5) is 0 Å². The topological polar surface area (TPSA) is 77.3 Å². The summed E-state index contributed by atoms with van der Waals surface area (Å²) < 4.78 is 7.07. The number of ether oxygens (including phenoxy) is 1. The molecule has 7 nitrogen and oxygen atoms in total. The summed E-state index contributed by atoms with van der Waals surface area (Å²) in [5.41, 5.74) is 0.424. The van der Waals surface area contributed by atoms with Crippen LogP contribution in [0.2, 0.25) is 0 Å². The van der Waals surface area contributed by atoms with E-state index in [0.29, 0.717) is 29.7 Å². The largest absolute Gasteiger partial charge is 0.485 e. The third-order valence-electron chi connectivity index (χ3n) is 4.18. The molecule has 3 heterocycles. The second kappa shape index (κ2) is 6.35. The Morgan fingerprint density at radius 3 is 2.84 bits per heavy atom. The molecular formula is C18H16N4O3. The molecule has 1 fully saturated rings. The van der Waals surface area contributed by atoms with Gasteiger partial charge >= 0.3 is 0 Å². The summed E-state index contributed by atoms with van der Waals surface area (Å²) >= 11 is 0. The summed E-state index contributed by atoms with van der Waals surface area (Å²) in [6.45, 7) is 0.989. The number of amides is 1. The Hall–Kier alpha value is -3.22. The lowest BCUT2D eigenvalue weighted by Crippen LogP contribution is -2.57. The van der Waals surface area contributed by atoms with Crippen molar-refractivity contribution in [3.63, 3.8) is 0 Å². The molecule has 4 rings (SSSR count). The zero-order chi connectivity index (χ0) is 17.2. The number of likely N-dealkylation sites (tertiary alicyclic amines) is 1. The molecule has 0 N–H and O–H groups in total. The van der Waals surface area contributed by atoms with Gasteiger partial charge in [-0.05, 0) is 24.3 Å². The summed E-state index contributed by atoms with van der Waals surface area (Å²) in [6.07, 6.45) is 4.70. The zero-order valence-electron chi connectivity index (χ0n) is 13.4. The van der Waals surface area contributed by atoms with Crippen LogP contribution >= 0.6 is 0 Å². The molecular weight excluding hydrogens is 320 g/mol. The summed E-state index contributed by atoms with van der Waals surface area (Å²) in [5.74, 6) is 0.569. The number of pyridine rings is 1. The lowest BCUT2D eigenvalue weighted by molar-refractivity contribution is -0.140. The smallest absolute Gasteiger partial charge is 0.261 e. The maximum absolute atomic E-state index is 12.4. The van der Waals surface area contributed by atoms with Gasteiger partial charge in [-0.3, -0.25) is 19.1 Å². The van der Waals surface area contributed by atoms with Gasteiger partial charge in [-0.1, -0.05) is 12.1 Å². The van der Waals surface area contributed by atoms with Crippen LogP contribution in [-0.2, 0) is 11.3 Å². The summed E-state index contributed by atoms with van der Waals surface area (Å²) in [6, 6.07) is 10.7. The molecule has 0 spiro atoms. The average Bonchev–Trinajstić information content (AvgIpc) is 2.61. The van der Waals surface area contributed by atoms with Crippen molar-refractivity contribution >= 4 is 16.8 Å². The number of benzene rings is 1. The van der Waals surface area contributed by atoms with Gasteiger partial charge in [0.2, 0.25) is 5.91 Å². The third kappa shape index (κ3) is 3.08. The lowest BCUT2D eigenvalue weighted by atomic mass is 10.1. The number of rotatable bonds is 4. The van der Waals surface area contributed by atoms with E-state index in [-0.39, 0.29) is 24.1 Å². The minimum atomic E-state index is -0.206. The molecule has 0 radical (unpaired) electrons. The van der Waals surface area contributed by atoms with E-state index < -0.39 is 0 Å². The number of para-hydroxylation sites is 1. The molecule has 1 aromatic carbocycles. The van der Waals surface area contributed by atoms with Gasteiger partial charge in [0, 0.05) is 6.20 Å². The van der Waals surface area contributed by atoms with Crippen molar-refractivity contribution in [2.24, 2.45) is 0 Å². The molecule has 0 aliphatic carbocycles. The Kier molecular flexibility index (Phi) is 3.89. The predicted molar refractivity (Wildman–Crippen MR) is 91.2 cm³/mol. The summed E-state index contributed by atoms with van der Waals surface area (Å²) in [7, 11) is 0. The van der Waals surface area contributed by atoms with Gasteiger partial charge in [0.05, 0.1) is 36.5 Å². The molecule has 0 unspecified atom stereocenters. The number of nitrogens with zero attached hydrogens (tertiary/aromatic N) is 4. The Morgan fingerprint density at radius 1 is 1.20 bits per heavy atom. The molecule has 126 valence electrons. The first-order valence-electron chi connectivity index (χ1n) is 7.99. The van der Waals surface area contributed by atoms with Crippen molar-refractivity contribution in [3.8, 4) is 5.75 Å². The van der Waals surface area contributed by atoms with E-state index >= 15 is 0 Å². The monoisotopic (exact) mass is 336 g/mol. The Labute approximate surface area is 143 Å². The van der Waals surface area contributed by atoms with Crippen molar-refractivity contribution in [1.29, 1.82) is 0 Å². The fraction of sp³-hybridized carbons (Fsp3) is 0.222. The quantitative estimate of drug-likeness (QED) is 0.712. The van der Waals surface area contributed by atoms with Crippen LogP contribution in [0.5, 0.6) is 5.75 Å². The molecule has 1 aliphatic rings. The number of hydrogen-bond donors (Lipinski definition) is 0. The zero-order valence-corrected chi connectivity index (χ0v) is 13.4. The van der Waals surface area contributed by atoms with E-state index in [1.54, 1.807) is 41.6 Å². The number of fused-ring (bicyclic) bond motifs is 1. The standard InChI is InChI=1S/C18H16N4O3/c23-17(21-9-14(10-21)25-13-4-3-7-19-8-13)11-22-12-20-16-6-2-1-5-15(16)18(22)24/h1-8,12,14H,9-11H2. The van der Waals surface area contributed by atoms with Crippen molar-refractivity contribution < 1.29 is 9.53 Å². The highest BCUT2D eigenvalue weighted by molar-refractivity contribution is 5.79. The average molecular weight is 336 g/mol. The van der Waals surface area contributed by atoms with E-state index in [1.165, 1.54) is 10.9 Å². The molecule has 2 aromatic heterocycles. The highest BCUT2D eigenvalue weighted by atomic mass is 16.5. The van der Waals surface area contributed by atoms with Crippen LogP contribution in [0.15, 0.2) is 59.9 Å². The van der Waals surface area contributed by atoms with Crippen molar-refractivity contribution in [1.82, 2.24) is 19.4 Å². The lowest BCUT2D eigenvalue weighted by Gasteiger charge is -2.38. The van der Waals surface area contributed by atoms with Gasteiger partial charge in [-0.15, -0.1) is 0 Å². The molecule has 0 atom stereocenters. The molecule has 0 saturated carbocycles. The van der Waals surface area contributed by atoms with Crippen LogP contribution in [0.3, 0.4) is 0 Å². The minimum absolute atomic E-state index is 0.0176. The first-order valence-corrected chi connectivity index (χ1v) is 7.99. The summed E-state index contributed by atoms with van der Waals surface area (Å²) in [5, 5.41) is 0.513. The molecule has 7 heteroatoms. The Bertz CT molecular complexity index is 965. The number of hydrogen-bond acceptors (Lipinski definition) is 5. The molecule has 0 bridgehead atoms. The van der Waals surface area contributed by atoms with Crippen molar-refractivity contribution in [2.45, 2.75) is 12.6 Å². The number of aromatic nitrogens is 3. The molecule has 3 aromatic rings. The maximum Gasteiger partial charge on any atom is 0.261 e. The molecule has 1 aliphatic heterocycles. The second-order valence-electron chi connectivity index (χ2n) is 5.92.